The third kappa shape index (κ3) is 6.37. The first-order chi connectivity index (χ1) is 8.42. The van der Waals surface area contributed by atoms with E-state index in [9.17, 15) is 14.4 Å². The van der Waals surface area contributed by atoms with Crippen LogP contribution in [0.4, 0.5) is 0 Å². The Hall–Kier alpha value is -1.39. The van der Waals surface area contributed by atoms with E-state index >= 15 is 0 Å². The predicted octanol–water partition coefficient (Wildman–Crippen LogP) is 1.73. The lowest BCUT2D eigenvalue weighted by atomic mass is 9.97. The van der Waals surface area contributed by atoms with E-state index in [2.05, 4.69) is 0 Å². The number of ether oxygens (including phenoxy) is 2. The number of carbonyl (C=O) groups is 3. The Morgan fingerprint density at radius 3 is 1.44 bits per heavy atom. The molecule has 0 saturated carbocycles. The minimum absolute atomic E-state index is 0.0998. The highest BCUT2D eigenvalue weighted by molar-refractivity contribution is 5.87. The minimum Gasteiger partial charge on any atom is -0.466 e. The fourth-order valence-corrected chi connectivity index (χ4v) is 1.50. The molecule has 0 N–H and O–H groups in total. The van der Waals surface area contributed by atoms with Gasteiger partial charge in [-0.2, -0.15) is 0 Å². The second-order valence-electron chi connectivity index (χ2n) is 4.25. The smallest absolute Gasteiger partial charge is 0.309 e. The maximum absolute atomic E-state index is 11.7. The molecule has 104 valence electrons. The van der Waals surface area contributed by atoms with E-state index in [1.807, 2.05) is 0 Å². The third-order valence-corrected chi connectivity index (χ3v) is 2.45. The molecule has 0 amide bonds. The molecule has 0 spiro atoms. The highest BCUT2D eigenvalue weighted by Gasteiger charge is 2.22. The fraction of sp³-hybridized carbons (Fsp3) is 0.769. The summed E-state index contributed by atoms with van der Waals surface area (Å²) in [4.78, 5) is 34.3. The van der Waals surface area contributed by atoms with E-state index in [4.69, 9.17) is 9.47 Å². The Balaban J connectivity index is 4.10. The van der Waals surface area contributed by atoms with Gasteiger partial charge in [0.05, 0.1) is 25.0 Å². The van der Waals surface area contributed by atoms with Gasteiger partial charge in [-0.25, -0.2) is 0 Å². The van der Waals surface area contributed by atoms with Crippen LogP contribution >= 0.6 is 0 Å². The van der Waals surface area contributed by atoms with Gasteiger partial charge in [-0.05, 0) is 13.8 Å². The molecule has 5 heteroatoms. The van der Waals surface area contributed by atoms with Crippen molar-refractivity contribution in [1.82, 2.24) is 0 Å². The van der Waals surface area contributed by atoms with Gasteiger partial charge in [0, 0.05) is 12.8 Å². The summed E-state index contributed by atoms with van der Waals surface area (Å²) < 4.78 is 9.63. The van der Waals surface area contributed by atoms with Crippen molar-refractivity contribution in [3.63, 3.8) is 0 Å². The first-order valence-corrected chi connectivity index (χ1v) is 6.27. The van der Waals surface area contributed by atoms with Crippen LogP contribution in [-0.4, -0.2) is 30.9 Å². The number of hydrogen-bond acceptors (Lipinski definition) is 5. The summed E-state index contributed by atoms with van der Waals surface area (Å²) in [7, 11) is 0. The largest absolute Gasteiger partial charge is 0.466 e. The molecule has 0 aromatic carbocycles. The molecule has 0 radical (unpaired) electrons. The normalized spacial score (nSPS) is 13.6. The average Bonchev–Trinajstić information content (AvgIpc) is 2.29. The van der Waals surface area contributed by atoms with Crippen LogP contribution in [0.1, 0.15) is 40.5 Å². The molecule has 0 aromatic rings. The van der Waals surface area contributed by atoms with Crippen LogP contribution in [0.25, 0.3) is 0 Å². The Morgan fingerprint density at radius 2 is 1.17 bits per heavy atom. The van der Waals surface area contributed by atoms with Crippen LogP contribution in [0.15, 0.2) is 0 Å². The molecule has 0 aliphatic heterocycles. The first kappa shape index (κ1) is 16.6. The zero-order chi connectivity index (χ0) is 14.1. The van der Waals surface area contributed by atoms with Crippen LogP contribution in [0.3, 0.4) is 0 Å². The molecule has 0 aromatic heterocycles. The van der Waals surface area contributed by atoms with Crippen molar-refractivity contribution in [2.24, 2.45) is 11.8 Å². The lowest BCUT2D eigenvalue weighted by Crippen LogP contribution is -2.22. The van der Waals surface area contributed by atoms with E-state index in [1.165, 1.54) is 0 Å². The summed E-state index contributed by atoms with van der Waals surface area (Å²) in [6.07, 6.45) is 0.200. The number of ketones is 1. The average molecular weight is 258 g/mol. The maximum Gasteiger partial charge on any atom is 0.309 e. The lowest BCUT2D eigenvalue weighted by Gasteiger charge is -2.12. The molecule has 0 fully saturated rings. The van der Waals surface area contributed by atoms with E-state index in [-0.39, 0.29) is 30.6 Å². The number of rotatable bonds is 8. The highest BCUT2D eigenvalue weighted by Crippen LogP contribution is 2.12. The number of esters is 2. The van der Waals surface area contributed by atoms with Gasteiger partial charge in [-0.3, -0.25) is 14.4 Å². The van der Waals surface area contributed by atoms with Crippen LogP contribution in [-0.2, 0) is 23.9 Å². The summed E-state index contributed by atoms with van der Waals surface area (Å²) in [6.45, 7) is 7.33. The molecule has 0 saturated heterocycles. The Kier molecular flexibility index (Phi) is 8.00. The Morgan fingerprint density at radius 1 is 0.833 bits per heavy atom. The monoisotopic (exact) mass is 258 g/mol. The van der Waals surface area contributed by atoms with Crippen molar-refractivity contribution in [1.29, 1.82) is 0 Å². The van der Waals surface area contributed by atoms with E-state index < -0.39 is 11.8 Å². The van der Waals surface area contributed by atoms with E-state index in [1.54, 1.807) is 27.7 Å². The molecule has 18 heavy (non-hydrogen) atoms. The maximum atomic E-state index is 11.7. The Bertz CT molecular complexity index is 270. The predicted molar refractivity (Wildman–Crippen MR) is 65.8 cm³/mol. The minimum atomic E-state index is -0.466. The van der Waals surface area contributed by atoms with Gasteiger partial charge < -0.3 is 9.47 Å². The topological polar surface area (TPSA) is 69.7 Å². The van der Waals surface area contributed by atoms with E-state index in [0.29, 0.717) is 13.2 Å². The molecule has 0 bridgehead atoms. The number of Topliss-reactive ketones (excluding diaryl/α,β-unsaturated/α-hetero) is 1. The third-order valence-electron chi connectivity index (χ3n) is 2.45. The SMILES string of the molecule is CCOC(=O)C(C)CC(=O)CC(C)C(=O)OCC. The number of carbonyl (C=O) groups excluding carboxylic acids is 3. The zero-order valence-corrected chi connectivity index (χ0v) is 11.5. The Labute approximate surface area is 108 Å². The van der Waals surface area contributed by atoms with Gasteiger partial charge in [-0.15, -0.1) is 0 Å². The molecule has 2 unspecified atom stereocenters. The molecule has 0 heterocycles. The molecule has 0 rings (SSSR count). The summed E-state index contributed by atoms with van der Waals surface area (Å²) in [5.41, 5.74) is 0. The molecule has 2 atom stereocenters. The highest BCUT2D eigenvalue weighted by atomic mass is 16.5. The van der Waals surface area contributed by atoms with Crippen molar-refractivity contribution in [3.05, 3.63) is 0 Å². The van der Waals surface area contributed by atoms with Gasteiger partial charge in [0.15, 0.2) is 0 Å². The first-order valence-electron chi connectivity index (χ1n) is 6.27. The van der Waals surface area contributed by atoms with Crippen molar-refractivity contribution in [2.75, 3.05) is 13.2 Å². The number of hydrogen-bond donors (Lipinski definition) is 0. The van der Waals surface area contributed by atoms with Crippen LogP contribution < -0.4 is 0 Å². The van der Waals surface area contributed by atoms with Crippen LogP contribution in [0.5, 0.6) is 0 Å². The van der Waals surface area contributed by atoms with Gasteiger partial charge in [0.25, 0.3) is 0 Å². The van der Waals surface area contributed by atoms with Gasteiger partial charge in [0.2, 0.25) is 0 Å². The van der Waals surface area contributed by atoms with E-state index in [0.717, 1.165) is 0 Å². The molecular weight excluding hydrogens is 236 g/mol. The lowest BCUT2D eigenvalue weighted by molar-refractivity contribution is -0.150. The van der Waals surface area contributed by atoms with Gasteiger partial charge in [0.1, 0.15) is 5.78 Å². The quantitative estimate of drug-likeness (QED) is 0.620. The van der Waals surface area contributed by atoms with Crippen molar-refractivity contribution in [3.8, 4) is 0 Å². The van der Waals surface area contributed by atoms with Gasteiger partial charge >= 0.3 is 11.9 Å². The fourth-order valence-electron chi connectivity index (χ4n) is 1.50. The molecule has 5 nitrogen and oxygen atoms in total. The zero-order valence-electron chi connectivity index (χ0n) is 11.5. The standard InChI is InChI=1S/C13H22O5/c1-5-17-12(15)9(3)7-11(14)8-10(4)13(16)18-6-2/h9-10H,5-8H2,1-4H3. The summed E-state index contributed by atoms with van der Waals surface area (Å²) in [5.74, 6) is -1.82. The summed E-state index contributed by atoms with van der Waals surface area (Å²) in [5, 5.41) is 0. The van der Waals surface area contributed by atoms with Crippen LogP contribution in [0.2, 0.25) is 0 Å². The molecule has 0 aliphatic carbocycles. The molecular formula is C13H22O5. The van der Waals surface area contributed by atoms with Crippen molar-refractivity contribution >= 4 is 17.7 Å². The second kappa shape index (κ2) is 8.66. The van der Waals surface area contributed by atoms with Crippen LogP contribution in [0, 0.1) is 11.8 Å². The molecule has 0 aliphatic rings. The second-order valence-corrected chi connectivity index (χ2v) is 4.25. The van der Waals surface area contributed by atoms with Gasteiger partial charge in [-0.1, -0.05) is 13.8 Å². The summed E-state index contributed by atoms with van der Waals surface area (Å²) >= 11 is 0. The van der Waals surface area contributed by atoms with Crippen molar-refractivity contribution < 1.29 is 23.9 Å². The van der Waals surface area contributed by atoms with Crippen molar-refractivity contribution in [2.45, 2.75) is 40.5 Å². The summed E-state index contributed by atoms with van der Waals surface area (Å²) in [6, 6.07) is 0.